The average Bonchev–Trinajstić information content (AvgIpc) is 2.45. The summed E-state index contributed by atoms with van der Waals surface area (Å²) < 4.78 is 0. The van der Waals surface area contributed by atoms with Gasteiger partial charge in [0.1, 0.15) is 0 Å². The molecule has 0 bridgehead atoms. The van der Waals surface area contributed by atoms with Gasteiger partial charge in [0.05, 0.1) is 5.52 Å². The summed E-state index contributed by atoms with van der Waals surface area (Å²) in [5, 5.41) is 1.24. The summed E-state index contributed by atoms with van der Waals surface area (Å²) in [6.07, 6.45) is 0. The van der Waals surface area contributed by atoms with Crippen molar-refractivity contribution in [2.24, 2.45) is 0 Å². The monoisotopic (exact) mass is 265 g/mol. The lowest BCUT2D eigenvalue weighted by molar-refractivity contribution is 1.22. The smallest absolute Gasteiger partial charge is 0.0716 e. The standard InChI is InChI=1S/C17H15NS/c1-13-11-17(15-9-5-6-10-16(15)18-13)19-12-14-7-3-2-4-8-14/h2-11H,12H2,1H3. The van der Waals surface area contributed by atoms with E-state index in [1.807, 2.05) is 17.8 Å². The van der Waals surface area contributed by atoms with E-state index in [9.17, 15) is 0 Å². The van der Waals surface area contributed by atoms with Gasteiger partial charge in [0.25, 0.3) is 0 Å². The molecule has 19 heavy (non-hydrogen) atoms. The Labute approximate surface area is 117 Å². The molecule has 0 saturated heterocycles. The van der Waals surface area contributed by atoms with Gasteiger partial charge in [0.2, 0.25) is 0 Å². The van der Waals surface area contributed by atoms with E-state index in [0.717, 1.165) is 17.0 Å². The summed E-state index contributed by atoms with van der Waals surface area (Å²) in [6, 6.07) is 21.1. The zero-order valence-corrected chi connectivity index (χ0v) is 11.7. The Kier molecular flexibility index (Phi) is 3.51. The second-order valence-electron chi connectivity index (χ2n) is 4.55. The Morgan fingerprint density at radius 1 is 0.947 bits per heavy atom. The van der Waals surface area contributed by atoms with Crippen LogP contribution in [0.25, 0.3) is 10.9 Å². The summed E-state index contributed by atoms with van der Waals surface area (Å²) in [7, 11) is 0. The summed E-state index contributed by atoms with van der Waals surface area (Å²) in [5.74, 6) is 0.994. The fourth-order valence-electron chi connectivity index (χ4n) is 2.12. The number of para-hydroxylation sites is 1. The van der Waals surface area contributed by atoms with Crippen LogP contribution in [0, 0.1) is 6.92 Å². The second kappa shape index (κ2) is 5.45. The number of pyridine rings is 1. The van der Waals surface area contributed by atoms with Gasteiger partial charge in [-0.25, -0.2) is 0 Å². The molecule has 0 N–H and O–H groups in total. The lowest BCUT2D eigenvalue weighted by Crippen LogP contribution is -1.87. The van der Waals surface area contributed by atoms with E-state index in [0.29, 0.717) is 0 Å². The van der Waals surface area contributed by atoms with Crippen molar-refractivity contribution >= 4 is 22.7 Å². The van der Waals surface area contributed by atoms with Crippen molar-refractivity contribution in [2.45, 2.75) is 17.6 Å². The number of fused-ring (bicyclic) bond motifs is 1. The SMILES string of the molecule is Cc1cc(SCc2ccccc2)c2ccccc2n1. The molecule has 1 nitrogen and oxygen atoms in total. The number of hydrogen-bond donors (Lipinski definition) is 0. The van der Waals surface area contributed by atoms with Crippen LogP contribution < -0.4 is 0 Å². The average molecular weight is 265 g/mol. The van der Waals surface area contributed by atoms with Gasteiger partial charge in [-0.2, -0.15) is 0 Å². The minimum absolute atomic E-state index is 0.994. The molecule has 94 valence electrons. The molecule has 0 spiro atoms. The first-order valence-corrected chi connectivity index (χ1v) is 7.34. The highest BCUT2D eigenvalue weighted by Crippen LogP contribution is 2.30. The molecule has 0 aliphatic carbocycles. The van der Waals surface area contributed by atoms with Crippen LogP contribution in [-0.4, -0.2) is 4.98 Å². The Bertz CT molecular complexity index is 692. The van der Waals surface area contributed by atoms with Crippen molar-refractivity contribution in [3.8, 4) is 0 Å². The van der Waals surface area contributed by atoms with Crippen molar-refractivity contribution in [2.75, 3.05) is 0 Å². The van der Waals surface area contributed by atoms with Gasteiger partial charge in [-0.1, -0.05) is 48.5 Å². The zero-order valence-electron chi connectivity index (χ0n) is 10.8. The third-order valence-electron chi connectivity index (χ3n) is 3.04. The quantitative estimate of drug-likeness (QED) is 0.629. The number of nitrogens with zero attached hydrogens (tertiary/aromatic N) is 1. The summed E-state index contributed by atoms with van der Waals surface area (Å²) in [5.41, 5.74) is 3.51. The van der Waals surface area contributed by atoms with Crippen LogP contribution in [0.5, 0.6) is 0 Å². The number of thioether (sulfide) groups is 1. The summed E-state index contributed by atoms with van der Waals surface area (Å²) in [4.78, 5) is 5.89. The van der Waals surface area contributed by atoms with Crippen LogP contribution >= 0.6 is 11.8 Å². The number of aryl methyl sites for hydroxylation is 1. The highest BCUT2D eigenvalue weighted by atomic mass is 32.2. The van der Waals surface area contributed by atoms with Gasteiger partial charge in [-0.15, -0.1) is 11.8 Å². The molecule has 0 fully saturated rings. The minimum Gasteiger partial charge on any atom is -0.253 e. The van der Waals surface area contributed by atoms with Crippen LogP contribution in [-0.2, 0) is 5.75 Å². The van der Waals surface area contributed by atoms with E-state index in [4.69, 9.17) is 0 Å². The van der Waals surface area contributed by atoms with Gasteiger partial charge < -0.3 is 0 Å². The summed E-state index contributed by atoms with van der Waals surface area (Å²) in [6.45, 7) is 2.05. The van der Waals surface area contributed by atoms with Crippen molar-refractivity contribution in [1.29, 1.82) is 0 Å². The van der Waals surface area contributed by atoms with Gasteiger partial charge in [-0.05, 0) is 24.6 Å². The molecule has 0 unspecified atom stereocenters. The van der Waals surface area contributed by atoms with Crippen molar-refractivity contribution in [1.82, 2.24) is 4.98 Å². The van der Waals surface area contributed by atoms with E-state index in [2.05, 4.69) is 66.5 Å². The Balaban J connectivity index is 1.92. The predicted molar refractivity (Wildman–Crippen MR) is 82.5 cm³/mol. The van der Waals surface area contributed by atoms with Gasteiger partial charge >= 0.3 is 0 Å². The predicted octanol–water partition coefficient (Wildman–Crippen LogP) is 4.84. The first kappa shape index (κ1) is 12.2. The van der Waals surface area contributed by atoms with Crippen molar-refractivity contribution < 1.29 is 0 Å². The molecule has 1 heterocycles. The molecular weight excluding hydrogens is 250 g/mol. The third kappa shape index (κ3) is 2.79. The topological polar surface area (TPSA) is 12.9 Å². The van der Waals surface area contributed by atoms with Crippen LogP contribution in [0.15, 0.2) is 65.6 Å². The number of benzene rings is 2. The molecule has 0 amide bonds. The molecule has 3 rings (SSSR count). The molecule has 0 aliphatic rings. The molecule has 0 saturated carbocycles. The number of hydrogen-bond acceptors (Lipinski definition) is 2. The first-order valence-electron chi connectivity index (χ1n) is 6.36. The van der Waals surface area contributed by atoms with Crippen LogP contribution in [0.4, 0.5) is 0 Å². The van der Waals surface area contributed by atoms with E-state index in [1.54, 1.807) is 0 Å². The minimum atomic E-state index is 0.994. The van der Waals surface area contributed by atoms with Crippen molar-refractivity contribution in [3.05, 3.63) is 71.9 Å². The van der Waals surface area contributed by atoms with Crippen LogP contribution in [0.1, 0.15) is 11.3 Å². The highest BCUT2D eigenvalue weighted by Gasteiger charge is 2.04. The molecule has 2 heteroatoms. The molecular formula is C17H15NS. The van der Waals surface area contributed by atoms with Gasteiger partial charge in [-0.3, -0.25) is 4.98 Å². The van der Waals surface area contributed by atoms with E-state index in [-0.39, 0.29) is 0 Å². The van der Waals surface area contributed by atoms with Crippen LogP contribution in [0.2, 0.25) is 0 Å². The van der Waals surface area contributed by atoms with E-state index < -0.39 is 0 Å². The van der Waals surface area contributed by atoms with E-state index >= 15 is 0 Å². The number of rotatable bonds is 3. The molecule has 2 aromatic carbocycles. The van der Waals surface area contributed by atoms with Gasteiger partial charge in [0, 0.05) is 21.7 Å². The molecule has 3 aromatic rings. The number of aromatic nitrogens is 1. The fraction of sp³-hybridized carbons (Fsp3) is 0.118. The van der Waals surface area contributed by atoms with Crippen molar-refractivity contribution in [3.63, 3.8) is 0 Å². The lowest BCUT2D eigenvalue weighted by atomic mass is 10.2. The molecule has 1 aromatic heterocycles. The first-order chi connectivity index (χ1) is 9.33. The summed E-state index contributed by atoms with van der Waals surface area (Å²) >= 11 is 1.88. The maximum atomic E-state index is 4.58. The fourth-order valence-corrected chi connectivity index (χ4v) is 3.22. The second-order valence-corrected chi connectivity index (χ2v) is 5.57. The maximum absolute atomic E-state index is 4.58. The Morgan fingerprint density at radius 2 is 1.68 bits per heavy atom. The van der Waals surface area contributed by atoms with Crippen LogP contribution in [0.3, 0.4) is 0 Å². The zero-order chi connectivity index (χ0) is 13.1. The maximum Gasteiger partial charge on any atom is 0.0716 e. The Hall–Kier alpha value is -1.80. The van der Waals surface area contributed by atoms with Gasteiger partial charge in [0.15, 0.2) is 0 Å². The largest absolute Gasteiger partial charge is 0.253 e. The molecule has 0 radical (unpaired) electrons. The highest BCUT2D eigenvalue weighted by molar-refractivity contribution is 7.98. The molecule has 0 atom stereocenters. The molecule has 0 aliphatic heterocycles. The van der Waals surface area contributed by atoms with E-state index in [1.165, 1.54) is 15.8 Å². The third-order valence-corrected chi connectivity index (χ3v) is 4.17. The normalized spacial score (nSPS) is 10.8. The lowest BCUT2D eigenvalue weighted by Gasteiger charge is -2.07. The Morgan fingerprint density at radius 3 is 2.53 bits per heavy atom.